The summed E-state index contributed by atoms with van der Waals surface area (Å²) in [6.45, 7) is 4.54. The number of carbonyl (C=O) groups excluding carboxylic acids is 3. The molecule has 1 atom stereocenters. The second-order valence-electron chi connectivity index (χ2n) is 8.78. The summed E-state index contributed by atoms with van der Waals surface area (Å²) >= 11 is 0. The highest BCUT2D eigenvalue weighted by Crippen LogP contribution is 2.38. The molecule has 0 aliphatic carbocycles. The third-order valence-electron chi connectivity index (χ3n) is 6.16. The van der Waals surface area contributed by atoms with Gasteiger partial charge in [-0.1, -0.05) is 18.2 Å². The van der Waals surface area contributed by atoms with Crippen molar-refractivity contribution in [2.75, 3.05) is 19.7 Å². The molecular weight excluding hydrogens is 425 g/mol. The minimum Gasteiger partial charge on any atom is -0.353 e. The van der Waals surface area contributed by atoms with E-state index in [1.807, 2.05) is 19.9 Å². The molecule has 7 nitrogen and oxygen atoms in total. The number of amides is 3. The Bertz CT molecular complexity index is 1020. The smallest absolute Gasteiger partial charge is 0.256 e. The van der Waals surface area contributed by atoms with Crippen LogP contribution >= 0.6 is 0 Å². The van der Waals surface area contributed by atoms with Gasteiger partial charge >= 0.3 is 0 Å². The third-order valence-corrected chi connectivity index (χ3v) is 6.16. The highest BCUT2D eigenvalue weighted by atomic mass is 19.1. The van der Waals surface area contributed by atoms with Crippen molar-refractivity contribution in [3.63, 3.8) is 0 Å². The van der Waals surface area contributed by atoms with Crippen molar-refractivity contribution in [3.8, 4) is 0 Å². The largest absolute Gasteiger partial charge is 0.353 e. The Kier molecular flexibility index (Phi) is 6.47. The molecular formula is C25H28FN3O4. The summed E-state index contributed by atoms with van der Waals surface area (Å²) in [5.74, 6) is -1.12. The van der Waals surface area contributed by atoms with E-state index >= 15 is 0 Å². The number of nitrogens with one attached hydrogen (secondary N) is 1. The van der Waals surface area contributed by atoms with Gasteiger partial charge < -0.3 is 15.0 Å². The fraction of sp³-hybridized carbons (Fsp3) is 0.400. The van der Waals surface area contributed by atoms with Crippen molar-refractivity contribution < 1.29 is 23.5 Å². The number of piperidine rings is 1. The van der Waals surface area contributed by atoms with E-state index in [4.69, 9.17) is 4.74 Å². The van der Waals surface area contributed by atoms with Crippen LogP contribution < -0.4 is 5.32 Å². The van der Waals surface area contributed by atoms with Gasteiger partial charge in [0.1, 0.15) is 17.6 Å². The van der Waals surface area contributed by atoms with Crippen molar-refractivity contribution >= 4 is 17.7 Å². The second kappa shape index (κ2) is 9.31. The molecule has 2 fully saturated rings. The minimum atomic E-state index is -0.967. The van der Waals surface area contributed by atoms with Crippen LogP contribution in [0, 0.1) is 5.82 Å². The summed E-state index contributed by atoms with van der Waals surface area (Å²) < 4.78 is 19.4. The lowest BCUT2D eigenvalue weighted by Crippen LogP contribution is -2.60. The summed E-state index contributed by atoms with van der Waals surface area (Å²) in [6.07, 6.45) is 0.758. The summed E-state index contributed by atoms with van der Waals surface area (Å²) in [7, 11) is 0. The molecule has 1 unspecified atom stereocenters. The number of hydrogen-bond donors (Lipinski definition) is 1. The molecule has 2 aliphatic rings. The number of rotatable bonds is 4. The molecule has 1 N–H and O–H groups in total. The maximum atomic E-state index is 13.5. The predicted octanol–water partition coefficient (Wildman–Crippen LogP) is 2.82. The normalized spacial score (nSPS) is 19.7. The number of likely N-dealkylation sites (tertiary alicyclic amines) is 1. The van der Waals surface area contributed by atoms with Crippen LogP contribution in [0.2, 0.25) is 0 Å². The number of ether oxygens (including phenoxy) is 1. The Morgan fingerprint density at radius 1 is 0.970 bits per heavy atom. The first-order valence-electron chi connectivity index (χ1n) is 11.2. The molecule has 4 rings (SSSR count). The van der Waals surface area contributed by atoms with Gasteiger partial charge in [0.15, 0.2) is 0 Å². The first-order valence-corrected chi connectivity index (χ1v) is 11.2. The molecule has 0 radical (unpaired) electrons. The van der Waals surface area contributed by atoms with Crippen LogP contribution in [-0.2, 0) is 9.53 Å². The van der Waals surface area contributed by atoms with Crippen LogP contribution in [0.4, 0.5) is 4.39 Å². The Labute approximate surface area is 192 Å². The maximum absolute atomic E-state index is 13.5. The van der Waals surface area contributed by atoms with Crippen molar-refractivity contribution in [1.82, 2.24) is 15.1 Å². The van der Waals surface area contributed by atoms with E-state index in [1.54, 1.807) is 34.1 Å². The first kappa shape index (κ1) is 22.9. The summed E-state index contributed by atoms with van der Waals surface area (Å²) in [5.41, 5.74) is -0.0773. The van der Waals surface area contributed by atoms with Crippen LogP contribution in [0.5, 0.6) is 0 Å². The first-order chi connectivity index (χ1) is 15.8. The summed E-state index contributed by atoms with van der Waals surface area (Å²) in [6, 6.07) is 13.5. The van der Waals surface area contributed by atoms with Crippen molar-refractivity contribution in [1.29, 1.82) is 0 Å². The van der Waals surface area contributed by atoms with E-state index in [1.165, 1.54) is 24.3 Å². The zero-order valence-electron chi connectivity index (χ0n) is 18.8. The van der Waals surface area contributed by atoms with Gasteiger partial charge in [0.25, 0.3) is 11.8 Å². The van der Waals surface area contributed by atoms with Gasteiger partial charge in [-0.05, 0) is 50.2 Å². The topological polar surface area (TPSA) is 79.0 Å². The Morgan fingerprint density at radius 3 is 2.18 bits per heavy atom. The molecule has 2 aliphatic heterocycles. The highest BCUT2D eigenvalue weighted by Gasteiger charge is 2.54. The van der Waals surface area contributed by atoms with Gasteiger partial charge in [0.2, 0.25) is 5.91 Å². The molecule has 174 valence electrons. The van der Waals surface area contributed by atoms with E-state index in [0.29, 0.717) is 37.1 Å². The lowest BCUT2D eigenvalue weighted by molar-refractivity contribution is -0.128. The molecule has 0 bridgehead atoms. The average molecular weight is 454 g/mol. The van der Waals surface area contributed by atoms with Gasteiger partial charge in [-0.2, -0.15) is 0 Å². The third kappa shape index (κ3) is 4.61. The second-order valence-corrected chi connectivity index (χ2v) is 8.78. The number of nitrogens with zero attached hydrogens (tertiary/aromatic N) is 2. The van der Waals surface area contributed by atoms with Crippen LogP contribution in [-0.4, -0.2) is 65.0 Å². The van der Waals surface area contributed by atoms with E-state index in [2.05, 4.69) is 5.32 Å². The van der Waals surface area contributed by atoms with E-state index in [0.717, 1.165) is 0 Å². The van der Waals surface area contributed by atoms with Gasteiger partial charge in [-0.3, -0.25) is 19.3 Å². The molecule has 2 aromatic carbocycles. The van der Waals surface area contributed by atoms with Gasteiger partial charge in [0, 0.05) is 43.1 Å². The molecule has 3 amide bonds. The molecule has 33 heavy (non-hydrogen) atoms. The highest BCUT2D eigenvalue weighted by molar-refractivity contribution is 5.98. The average Bonchev–Trinajstić information content (AvgIpc) is 3.18. The van der Waals surface area contributed by atoms with E-state index < -0.39 is 17.6 Å². The zero-order valence-corrected chi connectivity index (χ0v) is 18.8. The SMILES string of the molecule is CC(C)NC(=O)C1COC2(CCN(C(=O)c3ccc(F)cc3)CC2)N1C(=O)c1ccccc1. The number of halogens is 1. The lowest BCUT2D eigenvalue weighted by Gasteiger charge is -2.44. The van der Waals surface area contributed by atoms with Crippen LogP contribution in [0.25, 0.3) is 0 Å². The molecule has 0 aromatic heterocycles. The number of carbonyl (C=O) groups is 3. The van der Waals surface area contributed by atoms with Crippen molar-refractivity contribution in [2.45, 2.75) is 44.5 Å². The molecule has 2 saturated heterocycles. The van der Waals surface area contributed by atoms with Crippen LogP contribution in [0.3, 0.4) is 0 Å². The minimum absolute atomic E-state index is 0.0714. The van der Waals surface area contributed by atoms with Crippen LogP contribution in [0.15, 0.2) is 54.6 Å². The molecule has 2 heterocycles. The van der Waals surface area contributed by atoms with Gasteiger partial charge in [-0.15, -0.1) is 0 Å². The molecule has 2 aromatic rings. The molecule has 1 spiro atoms. The number of hydrogen-bond acceptors (Lipinski definition) is 4. The summed E-state index contributed by atoms with van der Waals surface area (Å²) in [4.78, 5) is 42.6. The Balaban J connectivity index is 1.56. The van der Waals surface area contributed by atoms with Gasteiger partial charge in [-0.25, -0.2) is 4.39 Å². The predicted molar refractivity (Wildman–Crippen MR) is 120 cm³/mol. The quantitative estimate of drug-likeness (QED) is 0.772. The Hall–Kier alpha value is -3.26. The molecule has 0 saturated carbocycles. The summed E-state index contributed by atoms with van der Waals surface area (Å²) in [5, 5.41) is 2.89. The Morgan fingerprint density at radius 2 is 1.58 bits per heavy atom. The maximum Gasteiger partial charge on any atom is 0.256 e. The van der Waals surface area contributed by atoms with Crippen LogP contribution in [0.1, 0.15) is 47.4 Å². The zero-order chi connectivity index (χ0) is 23.6. The van der Waals surface area contributed by atoms with Crippen molar-refractivity contribution in [3.05, 3.63) is 71.5 Å². The monoisotopic (exact) mass is 453 g/mol. The van der Waals surface area contributed by atoms with Gasteiger partial charge in [0.05, 0.1) is 6.61 Å². The standard InChI is InChI=1S/C25H28FN3O4/c1-17(2)27-22(30)21-16-33-25(29(21)24(32)18-6-4-3-5-7-18)12-14-28(15-13-25)23(31)19-8-10-20(26)11-9-19/h3-11,17,21H,12-16H2,1-2H3,(H,27,30). The number of benzene rings is 2. The van der Waals surface area contributed by atoms with Crippen molar-refractivity contribution in [2.24, 2.45) is 0 Å². The molecule has 8 heteroatoms. The van der Waals surface area contributed by atoms with E-state index in [9.17, 15) is 18.8 Å². The fourth-order valence-corrected chi connectivity index (χ4v) is 4.50. The lowest BCUT2D eigenvalue weighted by atomic mass is 9.96. The van der Waals surface area contributed by atoms with E-state index in [-0.39, 0.29) is 30.4 Å². The fourth-order valence-electron chi connectivity index (χ4n) is 4.50.